The van der Waals surface area contributed by atoms with Crippen LogP contribution in [-0.2, 0) is 11.3 Å². The van der Waals surface area contributed by atoms with Crippen molar-refractivity contribution >= 4 is 5.91 Å². The standard InChI is InChI=1S/C17H20FNO2/c1-13-4-7-17(21)19(9-8-13)12-15-6-5-14(3-2-10-20)11-16(15)18/h5-6,11,13,20H,4,7-10,12H2,1H3. The highest BCUT2D eigenvalue weighted by Gasteiger charge is 2.21. The summed E-state index contributed by atoms with van der Waals surface area (Å²) in [6.45, 7) is 2.90. The molecule has 1 amide bonds. The third-order valence-corrected chi connectivity index (χ3v) is 3.82. The lowest BCUT2D eigenvalue weighted by atomic mass is 10.0. The van der Waals surface area contributed by atoms with Crippen LogP contribution in [0.5, 0.6) is 0 Å². The number of carbonyl (C=O) groups excluding carboxylic acids is 1. The fourth-order valence-corrected chi connectivity index (χ4v) is 2.44. The smallest absolute Gasteiger partial charge is 0.222 e. The number of benzene rings is 1. The number of hydrogen-bond acceptors (Lipinski definition) is 2. The molecule has 1 aromatic carbocycles. The second-order valence-corrected chi connectivity index (χ2v) is 5.51. The molecule has 0 saturated carbocycles. The Labute approximate surface area is 124 Å². The minimum atomic E-state index is -0.357. The van der Waals surface area contributed by atoms with Crippen molar-refractivity contribution in [1.29, 1.82) is 0 Å². The molecule has 1 saturated heterocycles. The zero-order chi connectivity index (χ0) is 15.2. The Balaban J connectivity index is 2.10. The molecule has 1 atom stereocenters. The quantitative estimate of drug-likeness (QED) is 0.849. The zero-order valence-electron chi connectivity index (χ0n) is 12.2. The third kappa shape index (κ3) is 4.30. The van der Waals surface area contributed by atoms with Crippen molar-refractivity contribution in [2.45, 2.75) is 32.7 Å². The highest BCUT2D eigenvalue weighted by Crippen LogP contribution is 2.20. The number of rotatable bonds is 2. The van der Waals surface area contributed by atoms with Gasteiger partial charge in [-0.1, -0.05) is 24.8 Å². The van der Waals surface area contributed by atoms with Crippen LogP contribution in [0.15, 0.2) is 18.2 Å². The van der Waals surface area contributed by atoms with E-state index < -0.39 is 0 Å². The van der Waals surface area contributed by atoms with Gasteiger partial charge in [0, 0.05) is 30.6 Å². The number of halogens is 1. The van der Waals surface area contributed by atoms with Crippen LogP contribution >= 0.6 is 0 Å². The first kappa shape index (κ1) is 15.5. The summed E-state index contributed by atoms with van der Waals surface area (Å²) in [5, 5.41) is 8.63. The summed E-state index contributed by atoms with van der Waals surface area (Å²) in [6.07, 6.45) is 2.42. The van der Waals surface area contributed by atoms with Gasteiger partial charge in [0.25, 0.3) is 0 Å². The van der Waals surface area contributed by atoms with Crippen LogP contribution in [0.2, 0.25) is 0 Å². The van der Waals surface area contributed by atoms with E-state index in [0.717, 1.165) is 12.8 Å². The maximum Gasteiger partial charge on any atom is 0.222 e. The average molecular weight is 289 g/mol. The highest BCUT2D eigenvalue weighted by molar-refractivity contribution is 5.76. The van der Waals surface area contributed by atoms with E-state index in [1.54, 1.807) is 17.0 Å². The molecule has 2 rings (SSSR count). The van der Waals surface area contributed by atoms with Crippen LogP contribution < -0.4 is 0 Å². The fraction of sp³-hybridized carbons (Fsp3) is 0.471. The minimum Gasteiger partial charge on any atom is -0.384 e. The van der Waals surface area contributed by atoms with E-state index in [0.29, 0.717) is 36.6 Å². The SMILES string of the molecule is CC1CCC(=O)N(Cc2ccc(C#CCO)cc2F)CC1. The molecule has 3 nitrogen and oxygen atoms in total. The maximum atomic E-state index is 14.1. The van der Waals surface area contributed by atoms with Gasteiger partial charge in [-0.05, 0) is 30.9 Å². The van der Waals surface area contributed by atoms with Gasteiger partial charge >= 0.3 is 0 Å². The van der Waals surface area contributed by atoms with Gasteiger partial charge < -0.3 is 10.0 Å². The molecule has 1 heterocycles. The van der Waals surface area contributed by atoms with E-state index >= 15 is 0 Å². The number of nitrogens with zero attached hydrogens (tertiary/aromatic N) is 1. The van der Waals surface area contributed by atoms with Gasteiger partial charge in [-0.15, -0.1) is 0 Å². The molecule has 0 radical (unpaired) electrons. The van der Waals surface area contributed by atoms with Crippen LogP contribution in [0.3, 0.4) is 0 Å². The second kappa shape index (κ2) is 7.24. The van der Waals surface area contributed by atoms with Crippen molar-refractivity contribution in [3.63, 3.8) is 0 Å². The Morgan fingerprint density at radius 2 is 2.24 bits per heavy atom. The maximum absolute atomic E-state index is 14.1. The van der Waals surface area contributed by atoms with Crippen LogP contribution in [0, 0.1) is 23.6 Å². The molecular weight excluding hydrogens is 269 g/mol. The lowest BCUT2D eigenvalue weighted by molar-refractivity contribution is -0.131. The zero-order valence-corrected chi connectivity index (χ0v) is 12.2. The number of aliphatic hydroxyl groups excluding tert-OH is 1. The van der Waals surface area contributed by atoms with Crippen molar-refractivity contribution < 1.29 is 14.3 Å². The summed E-state index contributed by atoms with van der Waals surface area (Å²) in [5.74, 6) is 5.44. The number of likely N-dealkylation sites (tertiary alicyclic amines) is 1. The number of hydrogen-bond donors (Lipinski definition) is 1. The number of amides is 1. The monoisotopic (exact) mass is 289 g/mol. The van der Waals surface area contributed by atoms with Gasteiger partial charge in [0.2, 0.25) is 5.91 Å². The van der Waals surface area contributed by atoms with Gasteiger partial charge in [0.1, 0.15) is 12.4 Å². The molecule has 1 fully saturated rings. The first-order chi connectivity index (χ1) is 10.1. The van der Waals surface area contributed by atoms with Gasteiger partial charge in [0.15, 0.2) is 0 Å². The first-order valence-corrected chi connectivity index (χ1v) is 7.26. The van der Waals surface area contributed by atoms with E-state index in [1.807, 2.05) is 0 Å². The predicted molar refractivity (Wildman–Crippen MR) is 78.8 cm³/mol. The molecule has 4 heteroatoms. The highest BCUT2D eigenvalue weighted by atomic mass is 19.1. The van der Waals surface area contributed by atoms with Crippen LogP contribution in [-0.4, -0.2) is 29.1 Å². The molecule has 1 N–H and O–H groups in total. The summed E-state index contributed by atoms with van der Waals surface area (Å²) < 4.78 is 14.1. The number of aliphatic hydroxyl groups is 1. The minimum absolute atomic E-state index is 0.0999. The molecule has 1 aliphatic heterocycles. The Kier molecular flexibility index (Phi) is 5.35. The third-order valence-electron chi connectivity index (χ3n) is 3.82. The average Bonchev–Trinajstić information content (AvgIpc) is 2.63. The molecule has 1 unspecified atom stereocenters. The normalized spacial score (nSPS) is 18.9. The van der Waals surface area contributed by atoms with Crippen molar-refractivity contribution in [1.82, 2.24) is 4.90 Å². The van der Waals surface area contributed by atoms with E-state index in [4.69, 9.17) is 5.11 Å². The molecule has 1 aliphatic rings. The Morgan fingerprint density at radius 1 is 1.43 bits per heavy atom. The Morgan fingerprint density at radius 3 is 2.95 bits per heavy atom. The van der Waals surface area contributed by atoms with Gasteiger partial charge in [-0.2, -0.15) is 0 Å². The van der Waals surface area contributed by atoms with Crippen molar-refractivity contribution in [2.75, 3.05) is 13.2 Å². The second-order valence-electron chi connectivity index (χ2n) is 5.51. The summed E-state index contributed by atoms with van der Waals surface area (Å²) in [4.78, 5) is 13.8. The molecular formula is C17H20FNO2. The largest absolute Gasteiger partial charge is 0.384 e. The van der Waals surface area contributed by atoms with Crippen LogP contribution in [0.4, 0.5) is 4.39 Å². The van der Waals surface area contributed by atoms with Crippen molar-refractivity contribution in [2.24, 2.45) is 5.92 Å². The molecule has 1 aromatic rings. The first-order valence-electron chi connectivity index (χ1n) is 7.26. The molecule has 0 aliphatic carbocycles. The summed E-state index contributed by atoms with van der Waals surface area (Å²) >= 11 is 0. The summed E-state index contributed by atoms with van der Waals surface area (Å²) in [7, 11) is 0. The Bertz CT molecular complexity index is 574. The van der Waals surface area contributed by atoms with Gasteiger partial charge in [0.05, 0.1) is 0 Å². The van der Waals surface area contributed by atoms with Gasteiger partial charge in [-0.25, -0.2) is 4.39 Å². The molecule has 112 valence electrons. The van der Waals surface area contributed by atoms with E-state index in [-0.39, 0.29) is 18.3 Å². The lowest BCUT2D eigenvalue weighted by Gasteiger charge is -2.21. The predicted octanol–water partition coefficient (Wildman–Crippen LogP) is 2.32. The van der Waals surface area contributed by atoms with Crippen molar-refractivity contribution in [3.8, 4) is 11.8 Å². The molecule has 0 aromatic heterocycles. The molecule has 0 spiro atoms. The fourth-order valence-electron chi connectivity index (χ4n) is 2.44. The summed E-state index contributed by atoms with van der Waals surface area (Å²) in [6, 6.07) is 4.73. The molecule has 0 bridgehead atoms. The van der Waals surface area contributed by atoms with Crippen molar-refractivity contribution in [3.05, 3.63) is 35.1 Å². The van der Waals surface area contributed by atoms with Gasteiger partial charge in [-0.3, -0.25) is 4.79 Å². The lowest BCUT2D eigenvalue weighted by Crippen LogP contribution is -2.30. The summed E-state index contributed by atoms with van der Waals surface area (Å²) in [5.41, 5.74) is 1.04. The topological polar surface area (TPSA) is 40.5 Å². The van der Waals surface area contributed by atoms with E-state index in [2.05, 4.69) is 18.8 Å². The van der Waals surface area contributed by atoms with E-state index in [9.17, 15) is 9.18 Å². The van der Waals surface area contributed by atoms with Crippen LogP contribution in [0.25, 0.3) is 0 Å². The Hall–Kier alpha value is -1.86. The molecule has 21 heavy (non-hydrogen) atoms. The number of carbonyl (C=O) groups is 1. The van der Waals surface area contributed by atoms with E-state index in [1.165, 1.54) is 6.07 Å². The van der Waals surface area contributed by atoms with Crippen LogP contribution in [0.1, 0.15) is 37.3 Å².